The van der Waals surface area contributed by atoms with Crippen molar-refractivity contribution in [2.45, 2.75) is 77.0 Å². The fraction of sp³-hybridized carbons (Fsp3) is 0.667. The molecule has 0 amide bonds. The van der Waals surface area contributed by atoms with Crippen molar-refractivity contribution in [2.75, 3.05) is 0 Å². The van der Waals surface area contributed by atoms with Crippen molar-refractivity contribution in [3.63, 3.8) is 0 Å². The van der Waals surface area contributed by atoms with Gasteiger partial charge >= 0.3 is 0 Å². The van der Waals surface area contributed by atoms with Crippen LogP contribution >= 0.6 is 15.9 Å². The summed E-state index contributed by atoms with van der Waals surface area (Å²) in [4.78, 5) is 0. The molecule has 1 aromatic rings. The van der Waals surface area contributed by atoms with E-state index in [1.54, 1.807) is 0 Å². The molecule has 0 aliphatic heterocycles. The first-order chi connectivity index (χ1) is 10.2. The van der Waals surface area contributed by atoms with Gasteiger partial charge in [0.25, 0.3) is 0 Å². The summed E-state index contributed by atoms with van der Waals surface area (Å²) >= 11 is 3.62. The molecule has 3 heteroatoms. The summed E-state index contributed by atoms with van der Waals surface area (Å²) in [5, 5.41) is 3.62. The van der Waals surface area contributed by atoms with Gasteiger partial charge in [-0.3, -0.25) is 0 Å². The predicted octanol–water partition coefficient (Wildman–Crippen LogP) is 5.11. The summed E-state index contributed by atoms with van der Waals surface area (Å²) in [6, 6.07) is 5.12. The molecule has 2 saturated carbocycles. The van der Waals surface area contributed by atoms with Crippen LogP contribution in [0, 0.1) is 6.92 Å². The second-order valence-electron chi connectivity index (χ2n) is 6.60. The van der Waals surface area contributed by atoms with E-state index in [-0.39, 0.29) is 0 Å². The lowest BCUT2D eigenvalue weighted by atomic mass is 10.1. The van der Waals surface area contributed by atoms with E-state index in [1.165, 1.54) is 62.5 Å². The van der Waals surface area contributed by atoms with E-state index in [0.29, 0.717) is 6.10 Å². The van der Waals surface area contributed by atoms with Gasteiger partial charge < -0.3 is 10.1 Å². The van der Waals surface area contributed by atoms with Gasteiger partial charge in [0.05, 0.1) is 6.10 Å². The maximum Gasteiger partial charge on any atom is 0.127 e. The predicted molar refractivity (Wildman–Crippen MR) is 90.9 cm³/mol. The zero-order valence-electron chi connectivity index (χ0n) is 13.0. The van der Waals surface area contributed by atoms with Crippen molar-refractivity contribution in [3.05, 3.63) is 27.7 Å². The van der Waals surface area contributed by atoms with Crippen LogP contribution in [0.4, 0.5) is 0 Å². The Morgan fingerprint density at radius 2 is 1.81 bits per heavy atom. The molecule has 2 fully saturated rings. The largest absolute Gasteiger partial charge is 0.490 e. The highest BCUT2D eigenvalue weighted by molar-refractivity contribution is 9.10. The monoisotopic (exact) mass is 351 g/mol. The Balaban J connectivity index is 1.73. The maximum atomic E-state index is 6.44. The Morgan fingerprint density at radius 1 is 1.10 bits per heavy atom. The topological polar surface area (TPSA) is 21.3 Å². The number of hydrogen-bond donors (Lipinski definition) is 1. The third-order valence-electron chi connectivity index (χ3n) is 4.56. The lowest BCUT2D eigenvalue weighted by molar-refractivity contribution is 0.180. The summed E-state index contributed by atoms with van der Waals surface area (Å²) in [6.07, 6.45) is 10.9. The van der Waals surface area contributed by atoms with Crippen molar-refractivity contribution in [1.29, 1.82) is 0 Å². The molecule has 1 aromatic carbocycles. The van der Waals surface area contributed by atoms with Crippen molar-refractivity contribution < 1.29 is 4.74 Å². The third-order valence-corrected chi connectivity index (χ3v) is 5.02. The molecule has 0 saturated heterocycles. The fourth-order valence-corrected chi connectivity index (χ4v) is 3.79. The Kier molecular flexibility index (Phi) is 5.23. The summed E-state index contributed by atoms with van der Waals surface area (Å²) in [5.41, 5.74) is 2.55. The van der Waals surface area contributed by atoms with Crippen LogP contribution in [0.15, 0.2) is 16.6 Å². The molecule has 1 N–H and O–H groups in total. The molecule has 0 atom stereocenters. The SMILES string of the molecule is Cc1cc(Br)cc(CNC2CC2)c1OC1CCCCCC1. The van der Waals surface area contributed by atoms with Crippen LogP contribution < -0.4 is 10.1 Å². The van der Waals surface area contributed by atoms with Crippen LogP contribution in [0.5, 0.6) is 5.75 Å². The minimum atomic E-state index is 0.409. The first-order valence-corrected chi connectivity index (χ1v) is 9.21. The molecule has 0 unspecified atom stereocenters. The van der Waals surface area contributed by atoms with E-state index >= 15 is 0 Å². The molecule has 0 bridgehead atoms. The van der Waals surface area contributed by atoms with Crippen LogP contribution in [-0.4, -0.2) is 12.1 Å². The molecule has 2 nitrogen and oxygen atoms in total. The average Bonchev–Trinajstić information content (AvgIpc) is 3.27. The van der Waals surface area contributed by atoms with Gasteiger partial charge in [-0.1, -0.05) is 28.8 Å². The number of rotatable bonds is 5. The average molecular weight is 352 g/mol. The summed E-state index contributed by atoms with van der Waals surface area (Å²) in [6.45, 7) is 3.09. The zero-order chi connectivity index (χ0) is 14.7. The van der Waals surface area contributed by atoms with E-state index < -0.39 is 0 Å². The molecule has 21 heavy (non-hydrogen) atoms. The molecular formula is C18H26BrNO. The molecule has 2 aliphatic carbocycles. The molecule has 3 rings (SSSR count). The molecule has 0 radical (unpaired) electrons. The maximum absolute atomic E-state index is 6.44. The zero-order valence-corrected chi connectivity index (χ0v) is 14.5. The van der Waals surface area contributed by atoms with E-state index in [4.69, 9.17) is 4.74 Å². The normalized spacial score (nSPS) is 20.3. The lowest BCUT2D eigenvalue weighted by Crippen LogP contribution is -2.20. The highest BCUT2D eigenvalue weighted by Gasteiger charge is 2.22. The number of hydrogen-bond acceptors (Lipinski definition) is 2. The molecule has 0 aromatic heterocycles. The minimum Gasteiger partial charge on any atom is -0.490 e. The van der Waals surface area contributed by atoms with Gasteiger partial charge in [-0.25, -0.2) is 0 Å². The van der Waals surface area contributed by atoms with Crippen LogP contribution in [-0.2, 0) is 6.54 Å². The highest BCUT2D eigenvalue weighted by Crippen LogP contribution is 2.32. The van der Waals surface area contributed by atoms with Crippen LogP contribution in [0.1, 0.15) is 62.5 Å². The number of halogens is 1. The summed E-state index contributed by atoms with van der Waals surface area (Å²) in [5.74, 6) is 1.12. The Hall–Kier alpha value is -0.540. The number of ether oxygens (including phenoxy) is 1. The van der Waals surface area contributed by atoms with E-state index in [9.17, 15) is 0 Å². The number of nitrogens with one attached hydrogen (secondary N) is 1. The van der Waals surface area contributed by atoms with Gasteiger partial charge in [-0.2, -0.15) is 0 Å². The number of aryl methyl sites for hydroxylation is 1. The van der Waals surface area contributed by atoms with Crippen molar-refractivity contribution >= 4 is 15.9 Å². The van der Waals surface area contributed by atoms with Gasteiger partial charge in [-0.05, 0) is 63.1 Å². The minimum absolute atomic E-state index is 0.409. The standard InChI is InChI=1S/C18H26BrNO/c1-13-10-15(19)11-14(12-20-16-8-9-16)18(13)21-17-6-4-2-3-5-7-17/h10-11,16-17,20H,2-9,12H2,1H3. The summed E-state index contributed by atoms with van der Waals surface area (Å²) < 4.78 is 7.60. The Labute approximate surface area is 136 Å². The molecular weight excluding hydrogens is 326 g/mol. The summed E-state index contributed by atoms with van der Waals surface area (Å²) in [7, 11) is 0. The fourth-order valence-electron chi connectivity index (χ4n) is 3.17. The Morgan fingerprint density at radius 3 is 2.48 bits per heavy atom. The second kappa shape index (κ2) is 7.15. The van der Waals surface area contributed by atoms with Crippen molar-refractivity contribution in [1.82, 2.24) is 5.32 Å². The van der Waals surface area contributed by atoms with Gasteiger partial charge in [0.2, 0.25) is 0 Å². The second-order valence-corrected chi connectivity index (χ2v) is 7.51. The molecule has 2 aliphatic rings. The first kappa shape index (κ1) is 15.4. The van der Waals surface area contributed by atoms with Crippen LogP contribution in [0.2, 0.25) is 0 Å². The van der Waals surface area contributed by atoms with Gasteiger partial charge in [-0.15, -0.1) is 0 Å². The van der Waals surface area contributed by atoms with E-state index in [2.05, 4.69) is 40.3 Å². The molecule has 0 heterocycles. The van der Waals surface area contributed by atoms with Crippen LogP contribution in [0.3, 0.4) is 0 Å². The van der Waals surface area contributed by atoms with E-state index in [0.717, 1.165) is 22.8 Å². The third kappa shape index (κ3) is 4.46. The number of benzene rings is 1. The molecule has 0 spiro atoms. The highest BCUT2D eigenvalue weighted by atomic mass is 79.9. The van der Waals surface area contributed by atoms with Gasteiger partial charge in [0.15, 0.2) is 0 Å². The Bertz CT molecular complexity index is 476. The van der Waals surface area contributed by atoms with Crippen LogP contribution in [0.25, 0.3) is 0 Å². The molecule has 116 valence electrons. The smallest absolute Gasteiger partial charge is 0.127 e. The quantitative estimate of drug-likeness (QED) is 0.744. The van der Waals surface area contributed by atoms with Crippen molar-refractivity contribution in [3.8, 4) is 5.75 Å². The van der Waals surface area contributed by atoms with Gasteiger partial charge in [0.1, 0.15) is 5.75 Å². The van der Waals surface area contributed by atoms with Crippen molar-refractivity contribution in [2.24, 2.45) is 0 Å². The van der Waals surface area contributed by atoms with E-state index in [1.807, 2.05) is 0 Å². The van der Waals surface area contributed by atoms with Gasteiger partial charge in [0, 0.05) is 22.6 Å². The lowest BCUT2D eigenvalue weighted by Gasteiger charge is -2.22. The first-order valence-electron chi connectivity index (χ1n) is 8.41.